The number of carbonyl (C=O) groups is 1. The third-order valence-electron chi connectivity index (χ3n) is 3.06. The summed E-state index contributed by atoms with van der Waals surface area (Å²) in [4.78, 5) is 11.8. The minimum absolute atomic E-state index is 0.0610. The van der Waals surface area contributed by atoms with Crippen LogP contribution in [0.5, 0.6) is 0 Å². The second-order valence-corrected chi connectivity index (χ2v) is 7.12. The number of hydrogen-bond donors (Lipinski definition) is 1. The van der Waals surface area contributed by atoms with E-state index < -0.39 is 9.84 Å². The van der Waals surface area contributed by atoms with E-state index in [1.807, 2.05) is 0 Å². The van der Waals surface area contributed by atoms with Crippen molar-refractivity contribution >= 4 is 27.3 Å². The van der Waals surface area contributed by atoms with Gasteiger partial charge < -0.3 is 4.74 Å². The molecule has 0 spiro atoms. The minimum atomic E-state index is -3.56. The quantitative estimate of drug-likeness (QED) is 0.865. The van der Waals surface area contributed by atoms with E-state index in [1.54, 1.807) is 17.1 Å². The predicted octanol–water partition coefficient (Wildman–Crippen LogP) is 0.867. The number of benzene rings is 1. The number of sulfone groups is 1. The van der Waals surface area contributed by atoms with E-state index >= 15 is 0 Å². The van der Waals surface area contributed by atoms with Crippen LogP contribution in [0.25, 0.3) is 0 Å². The van der Waals surface area contributed by atoms with Crippen LogP contribution in [-0.4, -0.2) is 51.4 Å². The fourth-order valence-corrected chi connectivity index (χ4v) is 3.75. The van der Waals surface area contributed by atoms with Gasteiger partial charge in [0.05, 0.1) is 28.9 Å². The highest BCUT2D eigenvalue weighted by atomic mass is 35.5. The summed E-state index contributed by atoms with van der Waals surface area (Å²) < 4.78 is 29.5. The van der Waals surface area contributed by atoms with Gasteiger partial charge in [0, 0.05) is 19.5 Å². The van der Waals surface area contributed by atoms with Gasteiger partial charge in [0.1, 0.15) is 0 Å². The summed E-state index contributed by atoms with van der Waals surface area (Å²) in [7, 11) is -3.56. The maximum atomic E-state index is 12.2. The highest BCUT2D eigenvalue weighted by Gasteiger charge is 2.20. The second kappa shape index (κ2) is 7.22. The van der Waals surface area contributed by atoms with Crippen LogP contribution in [0.1, 0.15) is 6.42 Å². The standard InChI is InChI=1S/C13H17ClN2O4S/c14-11-3-1-2-4-12(11)21(18,19)10-5-13(17)15-16-6-8-20-9-7-16/h1-4H,5-10H2,(H,15,17). The van der Waals surface area contributed by atoms with Gasteiger partial charge in [-0.05, 0) is 12.1 Å². The van der Waals surface area contributed by atoms with Crippen LogP contribution in [0, 0.1) is 0 Å². The molecule has 0 radical (unpaired) electrons. The van der Waals surface area contributed by atoms with E-state index in [-0.39, 0.29) is 28.0 Å². The van der Waals surface area contributed by atoms with Gasteiger partial charge in [0.25, 0.3) is 0 Å². The summed E-state index contributed by atoms with van der Waals surface area (Å²) in [6.07, 6.45) is -0.106. The Morgan fingerprint density at radius 1 is 1.29 bits per heavy atom. The van der Waals surface area contributed by atoms with Crippen molar-refractivity contribution < 1.29 is 17.9 Å². The van der Waals surface area contributed by atoms with E-state index in [2.05, 4.69) is 5.43 Å². The first-order valence-corrected chi connectivity index (χ1v) is 8.61. The number of halogens is 1. The lowest BCUT2D eigenvalue weighted by atomic mass is 10.4. The maximum absolute atomic E-state index is 12.2. The van der Waals surface area contributed by atoms with Gasteiger partial charge in [-0.25, -0.2) is 13.4 Å². The van der Waals surface area contributed by atoms with Crippen molar-refractivity contribution in [2.45, 2.75) is 11.3 Å². The van der Waals surface area contributed by atoms with E-state index in [1.165, 1.54) is 12.1 Å². The van der Waals surface area contributed by atoms with Crippen LogP contribution in [0.4, 0.5) is 0 Å². The zero-order valence-corrected chi connectivity index (χ0v) is 13.0. The minimum Gasteiger partial charge on any atom is -0.379 e. The molecule has 0 saturated carbocycles. The smallest absolute Gasteiger partial charge is 0.235 e. The maximum Gasteiger partial charge on any atom is 0.235 e. The van der Waals surface area contributed by atoms with Crippen molar-refractivity contribution in [1.82, 2.24) is 10.4 Å². The van der Waals surface area contributed by atoms with Crippen molar-refractivity contribution in [3.05, 3.63) is 29.3 Å². The van der Waals surface area contributed by atoms with Crippen molar-refractivity contribution in [3.8, 4) is 0 Å². The largest absolute Gasteiger partial charge is 0.379 e. The fourth-order valence-electron chi connectivity index (χ4n) is 1.94. The Labute approximate surface area is 128 Å². The molecule has 0 aliphatic carbocycles. The van der Waals surface area contributed by atoms with E-state index in [9.17, 15) is 13.2 Å². The Hall–Kier alpha value is -1.15. The summed E-state index contributed by atoms with van der Waals surface area (Å²) >= 11 is 5.88. The molecule has 8 heteroatoms. The summed E-state index contributed by atoms with van der Waals surface area (Å²) in [5.74, 6) is -0.597. The van der Waals surface area contributed by atoms with Crippen LogP contribution < -0.4 is 5.43 Å². The molecule has 2 rings (SSSR count). The molecule has 1 aliphatic heterocycles. The number of amides is 1. The first kappa shape index (κ1) is 16.2. The molecule has 116 valence electrons. The van der Waals surface area contributed by atoms with Gasteiger partial charge in [0.15, 0.2) is 9.84 Å². The number of hydrogen-bond acceptors (Lipinski definition) is 5. The molecule has 1 aliphatic rings. The molecule has 0 bridgehead atoms. The molecule has 1 fully saturated rings. The van der Waals surface area contributed by atoms with E-state index in [0.29, 0.717) is 26.3 Å². The number of ether oxygens (including phenoxy) is 1. The Morgan fingerprint density at radius 2 is 1.95 bits per heavy atom. The molecule has 0 aromatic heterocycles. The van der Waals surface area contributed by atoms with Gasteiger partial charge in [0.2, 0.25) is 5.91 Å². The molecule has 6 nitrogen and oxygen atoms in total. The number of nitrogens with zero attached hydrogens (tertiary/aromatic N) is 1. The van der Waals surface area contributed by atoms with Crippen LogP contribution in [0.3, 0.4) is 0 Å². The number of nitrogens with one attached hydrogen (secondary N) is 1. The van der Waals surface area contributed by atoms with Gasteiger partial charge in [-0.1, -0.05) is 23.7 Å². The van der Waals surface area contributed by atoms with Crippen molar-refractivity contribution in [1.29, 1.82) is 0 Å². The second-order valence-electron chi connectivity index (χ2n) is 4.63. The summed E-state index contributed by atoms with van der Waals surface area (Å²) in [5.41, 5.74) is 2.67. The molecule has 1 N–H and O–H groups in total. The number of carbonyl (C=O) groups excluding carboxylic acids is 1. The number of morpholine rings is 1. The molecule has 1 aromatic carbocycles. The first-order valence-electron chi connectivity index (χ1n) is 6.58. The van der Waals surface area contributed by atoms with E-state index in [0.717, 1.165) is 0 Å². The van der Waals surface area contributed by atoms with Crippen LogP contribution in [0.2, 0.25) is 5.02 Å². The van der Waals surface area contributed by atoms with Crippen LogP contribution >= 0.6 is 11.6 Å². The van der Waals surface area contributed by atoms with Gasteiger partial charge in [-0.15, -0.1) is 0 Å². The molecule has 1 amide bonds. The van der Waals surface area contributed by atoms with E-state index in [4.69, 9.17) is 16.3 Å². The summed E-state index contributed by atoms with van der Waals surface area (Å²) in [6, 6.07) is 6.22. The van der Waals surface area contributed by atoms with Gasteiger partial charge in [-0.2, -0.15) is 0 Å². The third-order valence-corrected chi connectivity index (χ3v) is 5.27. The normalized spacial score (nSPS) is 16.6. The molecule has 21 heavy (non-hydrogen) atoms. The molecule has 0 unspecified atom stereocenters. The average molecular weight is 333 g/mol. The summed E-state index contributed by atoms with van der Waals surface area (Å²) in [5, 5.41) is 1.90. The third kappa shape index (κ3) is 4.67. The van der Waals surface area contributed by atoms with Crippen molar-refractivity contribution in [3.63, 3.8) is 0 Å². The molecule has 1 heterocycles. The molecule has 0 atom stereocenters. The zero-order chi connectivity index (χ0) is 15.3. The highest BCUT2D eigenvalue weighted by Crippen LogP contribution is 2.22. The fraction of sp³-hybridized carbons (Fsp3) is 0.462. The number of hydrazine groups is 1. The summed E-state index contributed by atoms with van der Waals surface area (Å²) in [6.45, 7) is 2.31. The molecule has 1 saturated heterocycles. The average Bonchev–Trinajstić information content (AvgIpc) is 2.47. The lowest BCUT2D eigenvalue weighted by molar-refractivity contribution is -0.127. The SMILES string of the molecule is O=C(CCS(=O)(=O)c1ccccc1Cl)NN1CCOCC1. The van der Waals surface area contributed by atoms with Crippen LogP contribution in [0.15, 0.2) is 29.2 Å². The Balaban J connectivity index is 1.89. The van der Waals surface area contributed by atoms with Gasteiger partial charge >= 0.3 is 0 Å². The monoisotopic (exact) mass is 332 g/mol. The Morgan fingerprint density at radius 3 is 2.62 bits per heavy atom. The van der Waals surface area contributed by atoms with Gasteiger partial charge in [-0.3, -0.25) is 10.2 Å². The van der Waals surface area contributed by atoms with Crippen LogP contribution in [-0.2, 0) is 19.4 Å². The van der Waals surface area contributed by atoms with Crippen molar-refractivity contribution in [2.24, 2.45) is 0 Å². The zero-order valence-electron chi connectivity index (χ0n) is 11.4. The molecular formula is C13H17ClN2O4S. The Kier molecular flexibility index (Phi) is 5.58. The lowest BCUT2D eigenvalue weighted by Gasteiger charge is -2.26. The predicted molar refractivity (Wildman–Crippen MR) is 78.7 cm³/mol. The lowest BCUT2D eigenvalue weighted by Crippen LogP contribution is -2.48. The van der Waals surface area contributed by atoms with Crippen molar-refractivity contribution in [2.75, 3.05) is 32.1 Å². The Bertz CT molecular complexity index is 600. The topological polar surface area (TPSA) is 75.7 Å². The number of rotatable bonds is 5. The molecule has 1 aromatic rings. The molecular weight excluding hydrogens is 316 g/mol. The first-order chi connectivity index (χ1) is 9.99. The highest BCUT2D eigenvalue weighted by molar-refractivity contribution is 7.91.